The Kier molecular flexibility index (Phi) is 4.34. The Labute approximate surface area is 171 Å². The minimum Gasteiger partial charge on any atom is -0.372 e. The lowest BCUT2D eigenvalue weighted by molar-refractivity contribution is -0.132. The first-order valence-corrected chi connectivity index (χ1v) is 10.7. The van der Waals surface area contributed by atoms with Crippen molar-refractivity contribution in [3.05, 3.63) is 54.1 Å². The van der Waals surface area contributed by atoms with Crippen LogP contribution in [0, 0.1) is 5.41 Å². The topological polar surface area (TPSA) is 52.7 Å². The monoisotopic (exact) mass is 389 g/mol. The summed E-state index contributed by atoms with van der Waals surface area (Å²) in [5, 5.41) is 3.00. The maximum absolute atomic E-state index is 13.4. The smallest absolute Gasteiger partial charge is 0.242 e. The predicted molar refractivity (Wildman–Crippen MR) is 115 cm³/mol. The van der Waals surface area contributed by atoms with E-state index in [-0.39, 0.29) is 17.9 Å². The Morgan fingerprint density at radius 3 is 2.38 bits per heavy atom. The molecule has 1 unspecified atom stereocenters. The number of amides is 2. The number of anilines is 3. The van der Waals surface area contributed by atoms with Gasteiger partial charge in [0.1, 0.15) is 5.41 Å². The normalized spacial score (nSPS) is 21.8. The standard InChI is InChI=1S/C24H27N3O2/c1-17-16-18-6-2-3-7-21(18)27(17)23(29)24(12-13-24)22(28)25-19-8-10-20(11-9-19)26-14-4-5-15-26/h2-3,6-11,17H,4-5,12-16H2,1H3,(H,25,28). The van der Waals surface area contributed by atoms with E-state index in [0.717, 1.165) is 30.9 Å². The second-order valence-electron chi connectivity index (χ2n) is 8.63. The number of hydrogen-bond acceptors (Lipinski definition) is 3. The Morgan fingerprint density at radius 1 is 1.00 bits per heavy atom. The van der Waals surface area contributed by atoms with Gasteiger partial charge >= 0.3 is 0 Å². The maximum atomic E-state index is 13.4. The van der Waals surface area contributed by atoms with Gasteiger partial charge in [0.15, 0.2) is 0 Å². The van der Waals surface area contributed by atoms with Gasteiger partial charge in [-0.2, -0.15) is 0 Å². The number of nitrogens with one attached hydrogen (secondary N) is 1. The van der Waals surface area contributed by atoms with Crippen molar-refractivity contribution in [2.75, 3.05) is 28.2 Å². The summed E-state index contributed by atoms with van der Waals surface area (Å²) in [6, 6.07) is 16.1. The molecule has 2 fully saturated rings. The van der Waals surface area contributed by atoms with Crippen molar-refractivity contribution in [3.8, 4) is 0 Å². The number of para-hydroxylation sites is 1. The van der Waals surface area contributed by atoms with Gasteiger partial charge in [-0.3, -0.25) is 9.59 Å². The molecule has 1 saturated carbocycles. The van der Waals surface area contributed by atoms with Crippen LogP contribution in [-0.4, -0.2) is 30.9 Å². The van der Waals surface area contributed by atoms with Crippen LogP contribution in [0.15, 0.2) is 48.5 Å². The average molecular weight is 389 g/mol. The van der Waals surface area contributed by atoms with Gasteiger partial charge in [-0.25, -0.2) is 0 Å². The van der Waals surface area contributed by atoms with Crippen LogP contribution in [0.3, 0.4) is 0 Å². The van der Waals surface area contributed by atoms with Crippen LogP contribution < -0.4 is 15.1 Å². The fraction of sp³-hybridized carbons (Fsp3) is 0.417. The summed E-state index contributed by atoms with van der Waals surface area (Å²) in [6.45, 7) is 4.25. The molecule has 29 heavy (non-hydrogen) atoms. The summed E-state index contributed by atoms with van der Waals surface area (Å²) in [5.41, 5.74) is 3.17. The summed E-state index contributed by atoms with van der Waals surface area (Å²) in [4.78, 5) is 30.7. The molecule has 1 saturated heterocycles. The summed E-state index contributed by atoms with van der Waals surface area (Å²) < 4.78 is 0. The Balaban J connectivity index is 1.31. The predicted octanol–water partition coefficient (Wildman–Crippen LogP) is 3.98. The summed E-state index contributed by atoms with van der Waals surface area (Å²) >= 11 is 0. The van der Waals surface area contributed by atoms with Gasteiger partial charge in [-0.05, 0) is 74.9 Å². The van der Waals surface area contributed by atoms with Crippen LogP contribution in [0.25, 0.3) is 0 Å². The lowest BCUT2D eigenvalue weighted by Crippen LogP contribution is -2.45. The van der Waals surface area contributed by atoms with E-state index in [4.69, 9.17) is 0 Å². The highest BCUT2D eigenvalue weighted by Crippen LogP contribution is 2.50. The quantitative estimate of drug-likeness (QED) is 0.805. The molecule has 0 aromatic heterocycles. The SMILES string of the molecule is CC1Cc2ccccc2N1C(=O)C1(C(=O)Nc2ccc(N3CCCC3)cc2)CC1. The molecule has 2 aromatic carbocycles. The molecular formula is C24H27N3O2. The van der Waals surface area contributed by atoms with Crippen molar-refractivity contribution in [2.24, 2.45) is 5.41 Å². The van der Waals surface area contributed by atoms with Gasteiger partial charge in [0.25, 0.3) is 0 Å². The third-order valence-corrected chi connectivity index (χ3v) is 6.62. The molecule has 2 aromatic rings. The van der Waals surface area contributed by atoms with Crippen molar-refractivity contribution < 1.29 is 9.59 Å². The molecule has 5 heteroatoms. The molecule has 0 spiro atoms. The van der Waals surface area contributed by atoms with Crippen LogP contribution in [0.5, 0.6) is 0 Å². The van der Waals surface area contributed by atoms with E-state index in [1.54, 1.807) is 0 Å². The van der Waals surface area contributed by atoms with Gasteiger partial charge < -0.3 is 15.1 Å². The third kappa shape index (κ3) is 3.09. The van der Waals surface area contributed by atoms with E-state index in [1.165, 1.54) is 24.1 Å². The van der Waals surface area contributed by atoms with Crippen molar-refractivity contribution in [2.45, 2.75) is 45.1 Å². The first-order valence-electron chi connectivity index (χ1n) is 10.7. The molecule has 2 amide bonds. The number of benzene rings is 2. The summed E-state index contributed by atoms with van der Waals surface area (Å²) in [5.74, 6) is -0.228. The zero-order valence-electron chi connectivity index (χ0n) is 16.9. The van der Waals surface area contributed by atoms with E-state index in [1.807, 2.05) is 35.2 Å². The number of hydrogen-bond donors (Lipinski definition) is 1. The van der Waals surface area contributed by atoms with Gasteiger partial charge in [0, 0.05) is 36.2 Å². The van der Waals surface area contributed by atoms with Gasteiger partial charge in [-0.15, -0.1) is 0 Å². The van der Waals surface area contributed by atoms with Gasteiger partial charge in [0.2, 0.25) is 11.8 Å². The van der Waals surface area contributed by atoms with Crippen LogP contribution in [-0.2, 0) is 16.0 Å². The Bertz CT molecular complexity index is 943. The number of carbonyl (C=O) groups excluding carboxylic acids is 2. The van der Waals surface area contributed by atoms with Crippen LogP contribution in [0.4, 0.5) is 17.1 Å². The first-order chi connectivity index (χ1) is 14.1. The highest BCUT2D eigenvalue weighted by Gasteiger charge is 2.59. The zero-order chi connectivity index (χ0) is 20.0. The van der Waals surface area contributed by atoms with Crippen molar-refractivity contribution in [1.82, 2.24) is 0 Å². The highest BCUT2D eigenvalue weighted by molar-refractivity contribution is 6.18. The van der Waals surface area contributed by atoms with Crippen LogP contribution in [0.2, 0.25) is 0 Å². The van der Waals surface area contributed by atoms with Crippen molar-refractivity contribution in [1.29, 1.82) is 0 Å². The minimum atomic E-state index is -0.917. The molecule has 1 N–H and O–H groups in total. The molecule has 1 aliphatic carbocycles. The summed E-state index contributed by atoms with van der Waals surface area (Å²) in [7, 11) is 0. The average Bonchev–Trinajstić information content (AvgIpc) is 3.22. The van der Waals surface area contributed by atoms with Crippen molar-refractivity contribution in [3.63, 3.8) is 0 Å². The molecule has 2 heterocycles. The highest BCUT2D eigenvalue weighted by atomic mass is 16.2. The second kappa shape index (κ2) is 6.90. The zero-order valence-corrected chi connectivity index (χ0v) is 16.9. The first kappa shape index (κ1) is 18.2. The van der Waals surface area contributed by atoms with Gasteiger partial charge in [-0.1, -0.05) is 18.2 Å². The Morgan fingerprint density at radius 2 is 1.69 bits per heavy atom. The number of rotatable bonds is 4. The number of nitrogens with zero attached hydrogens (tertiary/aromatic N) is 2. The number of carbonyl (C=O) groups is 2. The molecule has 0 bridgehead atoms. The largest absolute Gasteiger partial charge is 0.372 e. The van der Waals surface area contributed by atoms with Crippen molar-refractivity contribution >= 4 is 28.9 Å². The third-order valence-electron chi connectivity index (χ3n) is 6.62. The number of fused-ring (bicyclic) bond motifs is 1. The lowest BCUT2D eigenvalue weighted by atomic mass is 10.0. The van der Waals surface area contributed by atoms with E-state index in [2.05, 4.69) is 35.3 Å². The molecule has 5 nitrogen and oxygen atoms in total. The van der Waals surface area contributed by atoms with E-state index >= 15 is 0 Å². The molecule has 1 atom stereocenters. The van der Waals surface area contributed by atoms with Crippen LogP contribution >= 0.6 is 0 Å². The molecule has 5 rings (SSSR count). The van der Waals surface area contributed by atoms with E-state index in [0.29, 0.717) is 12.8 Å². The fourth-order valence-corrected chi connectivity index (χ4v) is 4.75. The molecule has 2 aliphatic heterocycles. The molecule has 150 valence electrons. The minimum absolute atomic E-state index is 0.0545. The molecular weight excluding hydrogens is 362 g/mol. The van der Waals surface area contributed by atoms with E-state index < -0.39 is 5.41 Å². The maximum Gasteiger partial charge on any atom is 0.242 e. The molecule has 3 aliphatic rings. The van der Waals surface area contributed by atoms with Crippen LogP contribution in [0.1, 0.15) is 38.2 Å². The Hall–Kier alpha value is -2.82. The van der Waals surface area contributed by atoms with E-state index in [9.17, 15) is 9.59 Å². The molecule has 0 radical (unpaired) electrons. The lowest BCUT2D eigenvalue weighted by Gasteiger charge is -2.27. The van der Waals surface area contributed by atoms with Gasteiger partial charge in [0.05, 0.1) is 0 Å². The summed E-state index contributed by atoms with van der Waals surface area (Å²) in [6.07, 6.45) is 4.56. The second-order valence-corrected chi connectivity index (χ2v) is 8.63. The fourth-order valence-electron chi connectivity index (χ4n) is 4.75.